The molecule has 0 bridgehead atoms. The number of carbonyl (C=O) groups is 1. The summed E-state index contributed by atoms with van der Waals surface area (Å²) in [7, 11) is 0. The zero-order valence-electron chi connectivity index (χ0n) is 9.95. The van der Waals surface area contributed by atoms with Crippen molar-refractivity contribution in [3.05, 3.63) is 0 Å². The number of hydrogen-bond donors (Lipinski definition) is 1. The molecule has 1 amide bonds. The summed E-state index contributed by atoms with van der Waals surface area (Å²) in [6.07, 6.45) is 0.178. The highest BCUT2D eigenvalue weighted by Gasteiger charge is 2.28. The minimum Gasteiger partial charge on any atom is -0.444 e. The van der Waals surface area contributed by atoms with E-state index < -0.39 is 11.7 Å². The van der Waals surface area contributed by atoms with Crippen LogP contribution in [0.15, 0.2) is 0 Å². The van der Waals surface area contributed by atoms with Gasteiger partial charge in [0.25, 0.3) is 0 Å². The quantitative estimate of drug-likeness (QED) is 0.734. The molecule has 1 aliphatic rings. The highest BCUT2D eigenvalue weighted by molar-refractivity contribution is 5.68. The normalized spacial score (nSPS) is 25.6. The van der Waals surface area contributed by atoms with Crippen LogP contribution in [0.1, 0.15) is 27.2 Å². The second-order valence-corrected chi connectivity index (χ2v) is 4.85. The molecule has 16 heavy (non-hydrogen) atoms. The molecule has 0 aliphatic carbocycles. The summed E-state index contributed by atoms with van der Waals surface area (Å²) in [5.41, 5.74) is -0.516. The molecule has 0 aromatic rings. The standard InChI is InChI=1S/C11H18N2O3/c1-11(2,3)16-10(14)13-9-4-5-15-7-8(9)6-12/h8-9H,4-5,7H2,1-3H3,(H,13,14)/t8-,9+/m0/s1. The Balaban J connectivity index is 2.46. The van der Waals surface area contributed by atoms with Crippen molar-refractivity contribution < 1.29 is 14.3 Å². The van der Waals surface area contributed by atoms with Crippen LogP contribution in [0.3, 0.4) is 0 Å². The van der Waals surface area contributed by atoms with Crippen molar-refractivity contribution in [1.82, 2.24) is 5.32 Å². The fourth-order valence-electron chi connectivity index (χ4n) is 1.50. The first-order chi connectivity index (χ1) is 7.42. The Morgan fingerprint density at radius 1 is 1.56 bits per heavy atom. The van der Waals surface area contributed by atoms with Gasteiger partial charge in [-0.1, -0.05) is 0 Å². The lowest BCUT2D eigenvalue weighted by Crippen LogP contribution is -2.46. The largest absolute Gasteiger partial charge is 0.444 e. The van der Waals surface area contributed by atoms with Crippen molar-refractivity contribution in [2.45, 2.75) is 38.8 Å². The molecule has 1 heterocycles. The first-order valence-corrected chi connectivity index (χ1v) is 5.39. The van der Waals surface area contributed by atoms with Crippen LogP contribution in [0.25, 0.3) is 0 Å². The molecule has 0 radical (unpaired) electrons. The molecule has 1 rings (SSSR count). The second-order valence-electron chi connectivity index (χ2n) is 4.85. The number of hydrogen-bond acceptors (Lipinski definition) is 4. The average molecular weight is 226 g/mol. The van der Waals surface area contributed by atoms with Crippen molar-refractivity contribution in [3.8, 4) is 6.07 Å². The zero-order valence-corrected chi connectivity index (χ0v) is 9.95. The van der Waals surface area contributed by atoms with E-state index in [0.717, 1.165) is 0 Å². The van der Waals surface area contributed by atoms with Gasteiger partial charge in [-0.15, -0.1) is 0 Å². The van der Waals surface area contributed by atoms with E-state index >= 15 is 0 Å². The number of nitrogens with one attached hydrogen (secondary N) is 1. The SMILES string of the molecule is CC(C)(C)OC(=O)N[C@@H]1CCOC[C@@H]1C#N. The van der Waals surface area contributed by atoms with Crippen LogP contribution >= 0.6 is 0 Å². The Kier molecular flexibility index (Phi) is 4.13. The monoisotopic (exact) mass is 226 g/mol. The van der Waals surface area contributed by atoms with E-state index in [1.165, 1.54) is 0 Å². The van der Waals surface area contributed by atoms with Crippen LogP contribution in [0.4, 0.5) is 4.79 Å². The Morgan fingerprint density at radius 2 is 2.25 bits per heavy atom. The third kappa shape index (κ3) is 4.07. The van der Waals surface area contributed by atoms with Gasteiger partial charge in [-0.05, 0) is 27.2 Å². The van der Waals surface area contributed by atoms with E-state index in [0.29, 0.717) is 19.6 Å². The van der Waals surface area contributed by atoms with E-state index in [2.05, 4.69) is 11.4 Å². The summed E-state index contributed by atoms with van der Waals surface area (Å²) in [5, 5.41) is 11.6. The van der Waals surface area contributed by atoms with Gasteiger partial charge < -0.3 is 14.8 Å². The molecule has 0 spiro atoms. The summed E-state index contributed by atoms with van der Waals surface area (Å²) in [4.78, 5) is 11.5. The van der Waals surface area contributed by atoms with E-state index in [-0.39, 0.29) is 12.0 Å². The third-order valence-electron chi connectivity index (χ3n) is 2.22. The topological polar surface area (TPSA) is 71.3 Å². The molecule has 0 unspecified atom stereocenters. The van der Waals surface area contributed by atoms with Crippen LogP contribution in [0.2, 0.25) is 0 Å². The maximum Gasteiger partial charge on any atom is 0.407 e. The summed E-state index contributed by atoms with van der Waals surface area (Å²) < 4.78 is 10.3. The van der Waals surface area contributed by atoms with Crippen LogP contribution in [-0.2, 0) is 9.47 Å². The molecule has 1 aliphatic heterocycles. The molecule has 5 nitrogen and oxygen atoms in total. The Bertz CT molecular complexity index is 291. The number of nitrogens with zero attached hydrogens (tertiary/aromatic N) is 1. The Morgan fingerprint density at radius 3 is 2.81 bits per heavy atom. The maximum atomic E-state index is 11.5. The predicted octanol–water partition coefficient (Wildman–Crippen LogP) is 1.44. The molecule has 1 saturated heterocycles. The molecule has 0 saturated carbocycles. The van der Waals surface area contributed by atoms with Gasteiger partial charge >= 0.3 is 6.09 Å². The Hall–Kier alpha value is -1.28. The highest BCUT2D eigenvalue weighted by atomic mass is 16.6. The molecular weight excluding hydrogens is 208 g/mol. The van der Waals surface area contributed by atoms with Gasteiger partial charge in [-0.3, -0.25) is 0 Å². The summed E-state index contributed by atoms with van der Waals surface area (Å²) in [5.74, 6) is -0.290. The fourth-order valence-corrected chi connectivity index (χ4v) is 1.50. The van der Waals surface area contributed by atoms with Crippen molar-refractivity contribution in [2.75, 3.05) is 13.2 Å². The summed E-state index contributed by atoms with van der Waals surface area (Å²) in [6.45, 7) is 6.35. The van der Waals surface area contributed by atoms with E-state index in [1.807, 2.05) is 0 Å². The molecule has 1 N–H and O–H groups in total. The minimum atomic E-state index is -0.516. The number of alkyl carbamates (subject to hydrolysis) is 1. The lowest BCUT2D eigenvalue weighted by Gasteiger charge is -2.29. The fraction of sp³-hybridized carbons (Fsp3) is 0.818. The molecule has 5 heteroatoms. The van der Waals surface area contributed by atoms with Crippen molar-refractivity contribution in [3.63, 3.8) is 0 Å². The van der Waals surface area contributed by atoms with E-state index in [1.54, 1.807) is 20.8 Å². The molecule has 0 aromatic heterocycles. The average Bonchev–Trinajstić information content (AvgIpc) is 2.15. The number of amides is 1. The number of ether oxygens (including phenoxy) is 2. The van der Waals surface area contributed by atoms with Gasteiger partial charge in [-0.25, -0.2) is 4.79 Å². The van der Waals surface area contributed by atoms with Crippen LogP contribution in [0, 0.1) is 17.2 Å². The van der Waals surface area contributed by atoms with Crippen LogP contribution < -0.4 is 5.32 Å². The van der Waals surface area contributed by atoms with Crippen molar-refractivity contribution >= 4 is 6.09 Å². The van der Waals surface area contributed by atoms with Gasteiger partial charge in [0.05, 0.1) is 24.6 Å². The summed E-state index contributed by atoms with van der Waals surface area (Å²) in [6, 6.07) is 1.95. The molecule has 1 fully saturated rings. The van der Waals surface area contributed by atoms with Gasteiger partial charge in [-0.2, -0.15) is 5.26 Å². The first-order valence-electron chi connectivity index (χ1n) is 5.39. The van der Waals surface area contributed by atoms with Crippen molar-refractivity contribution in [1.29, 1.82) is 5.26 Å². The van der Waals surface area contributed by atoms with E-state index in [4.69, 9.17) is 14.7 Å². The molecule has 0 aromatic carbocycles. The Labute approximate surface area is 95.7 Å². The highest BCUT2D eigenvalue weighted by Crippen LogP contribution is 2.15. The summed E-state index contributed by atoms with van der Waals surface area (Å²) >= 11 is 0. The van der Waals surface area contributed by atoms with Gasteiger partial charge in [0.15, 0.2) is 0 Å². The molecule has 2 atom stereocenters. The smallest absolute Gasteiger partial charge is 0.407 e. The number of nitriles is 1. The number of rotatable bonds is 1. The molecular formula is C11H18N2O3. The predicted molar refractivity (Wildman–Crippen MR) is 57.7 cm³/mol. The number of carbonyl (C=O) groups excluding carboxylic acids is 1. The van der Waals surface area contributed by atoms with Gasteiger partial charge in [0.2, 0.25) is 0 Å². The minimum absolute atomic E-state index is 0.173. The zero-order chi connectivity index (χ0) is 12.2. The third-order valence-corrected chi connectivity index (χ3v) is 2.22. The van der Waals surface area contributed by atoms with Gasteiger partial charge in [0.1, 0.15) is 5.60 Å². The van der Waals surface area contributed by atoms with Crippen LogP contribution in [0.5, 0.6) is 0 Å². The lowest BCUT2D eigenvalue weighted by atomic mass is 9.97. The van der Waals surface area contributed by atoms with E-state index in [9.17, 15) is 4.79 Å². The molecule has 90 valence electrons. The first kappa shape index (κ1) is 12.8. The lowest BCUT2D eigenvalue weighted by molar-refractivity contribution is 0.0296. The second kappa shape index (κ2) is 5.17. The van der Waals surface area contributed by atoms with Crippen LogP contribution in [-0.4, -0.2) is 30.9 Å². The maximum absolute atomic E-state index is 11.5. The van der Waals surface area contributed by atoms with Crippen molar-refractivity contribution in [2.24, 2.45) is 5.92 Å². The van der Waals surface area contributed by atoms with Gasteiger partial charge in [0, 0.05) is 6.61 Å².